The first-order chi connectivity index (χ1) is 9.29. The summed E-state index contributed by atoms with van der Waals surface area (Å²) in [4.78, 5) is 5.56. The van der Waals surface area contributed by atoms with Crippen molar-refractivity contribution in [3.8, 4) is 0 Å². The molecule has 0 aliphatic heterocycles. The fourth-order valence-electron chi connectivity index (χ4n) is 2.21. The number of aromatic nitrogens is 3. The van der Waals surface area contributed by atoms with Gasteiger partial charge < -0.3 is 5.32 Å². The van der Waals surface area contributed by atoms with E-state index in [9.17, 15) is 0 Å². The second-order valence-corrected chi connectivity index (χ2v) is 5.19. The lowest BCUT2D eigenvalue weighted by Crippen LogP contribution is -2.17. The minimum Gasteiger partial charge on any atom is -0.309 e. The van der Waals surface area contributed by atoms with Gasteiger partial charge in [-0.15, -0.1) is 5.10 Å². The van der Waals surface area contributed by atoms with Crippen molar-refractivity contribution in [2.75, 3.05) is 7.05 Å². The molecule has 0 bridgehead atoms. The Labute approximate surface area is 115 Å². The molecule has 1 atom stereocenters. The monoisotopic (exact) mass is 270 g/mol. The molecule has 0 fully saturated rings. The summed E-state index contributed by atoms with van der Waals surface area (Å²) in [5.41, 5.74) is 3.17. The maximum Gasteiger partial charge on any atom is 0.0776 e. The number of aryl methyl sites for hydroxylation is 1. The number of nitrogens with one attached hydrogen (secondary N) is 1. The van der Waals surface area contributed by atoms with E-state index in [1.807, 2.05) is 26.2 Å². The summed E-state index contributed by atoms with van der Waals surface area (Å²) in [6.07, 6.45) is 1.82. The van der Waals surface area contributed by atoms with Crippen LogP contribution in [0.15, 0.2) is 36.5 Å². The Morgan fingerprint density at radius 2 is 2.16 bits per heavy atom. The number of rotatable bonds is 3. The summed E-state index contributed by atoms with van der Waals surface area (Å²) in [7, 11) is 1.95. The van der Waals surface area contributed by atoms with Gasteiger partial charge in [-0.2, -0.15) is 0 Å². The van der Waals surface area contributed by atoms with Gasteiger partial charge >= 0.3 is 0 Å². The number of benzene rings is 1. The van der Waals surface area contributed by atoms with E-state index >= 15 is 0 Å². The highest BCUT2D eigenvalue weighted by molar-refractivity contribution is 7.05. The fourth-order valence-corrected chi connectivity index (χ4v) is 3.00. The van der Waals surface area contributed by atoms with Crippen molar-refractivity contribution in [2.45, 2.75) is 13.0 Å². The lowest BCUT2D eigenvalue weighted by atomic mass is 10.0. The number of hydrogen-bond acceptors (Lipinski definition) is 5. The van der Waals surface area contributed by atoms with Gasteiger partial charge in [-0.1, -0.05) is 22.7 Å². The van der Waals surface area contributed by atoms with E-state index in [1.165, 1.54) is 17.1 Å². The Bertz CT molecular complexity index is 707. The molecule has 19 heavy (non-hydrogen) atoms. The predicted octanol–water partition coefficient (Wildman–Crippen LogP) is 2.70. The van der Waals surface area contributed by atoms with Crippen molar-refractivity contribution >= 4 is 22.4 Å². The van der Waals surface area contributed by atoms with E-state index in [4.69, 9.17) is 0 Å². The van der Waals surface area contributed by atoms with Crippen LogP contribution in [0.3, 0.4) is 0 Å². The molecule has 1 aromatic carbocycles. The molecular formula is C14H14N4S. The van der Waals surface area contributed by atoms with E-state index in [0.29, 0.717) is 0 Å². The molecule has 4 nitrogen and oxygen atoms in total. The third-order valence-corrected chi connectivity index (χ3v) is 4.09. The Morgan fingerprint density at radius 1 is 1.26 bits per heavy atom. The van der Waals surface area contributed by atoms with Crippen LogP contribution in [0.1, 0.15) is 22.2 Å². The summed E-state index contributed by atoms with van der Waals surface area (Å²) in [5.74, 6) is 0. The van der Waals surface area contributed by atoms with Crippen LogP contribution in [0.2, 0.25) is 0 Å². The van der Waals surface area contributed by atoms with E-state index in [-0.39, 0.29) is 6.04 Å². The van der Waals surface area contributed by atoms with Crippen molar-refractivity contribution in [3.63, 3.8) is 0 Å². The summed E-state index contributed by atoms with van der Waals surface area (Å²) < 4.78 is 4.01. The highest BCUT2D eigenvalue weighted by Crippen LogP contribution is 2.28. The van der Waals surface area contributed by atoms with Gasteiger partial charge in [0.2, 0.25) is 0 Å². The third kappa shape index (κ3) is 2.22. The number of hydrogen-bond donors (Lipinski definition) is 1. The zero-order valence-electron chi connectivity index (χ0n) is 10.8. The van der Waals surface area contributed by atoms with Crippen molar-refractivity contribution in [1.29, 1.82) is 0 Å². The SMILES string of the molecule is CNC(c1ccc2cccnc2c1)c1snnc1C. The fraction of sp³-hybridized carbons (Fsp3) is 0.214. The highest BCUT2D eigenvalue weighted by atomic mass is 32.1. The molecule has 1 N–H and O–H groups in total. The topological polar surface area (TPSA) is 50.7 Å². The van der Waals surface area contributed by atoms with Gasteiger partial charge in [-0.3, -0.25) is 4.98 Å². The summed E-state index contributed by atoms with van der Waals surface area (Å²) in [6, 6.07) is 10.5. The number of nitrogens with zero attached hydrogens (tertiary/aromatic N) is 3. The summed E-state index contributed by atoms with van der Waals surface area (Å²) in [6.45, 7) is 1.99. The first-order valence-electron chi connectivity index (χ1n) is 6.10. The summed E-state index contributed by atoms with van der Waals surface area (Å²) >= 11 is 1.44. The molecule has 0 spiro atoms. The first-order valence-corrected chi connectivity index (χ1v) is 6.87. The molecule has 0 aliphatic carbocycles. The molecule has 0 saturated heterocycles. The largest absolute Gasteiger partial charge is 0.309 e. The molecule has 0 radical (unpaired) electrons. The number of fused-ring (bicyclic) bond motifs is 1. The van der Waals surface area contributed by atoms with E-state index in [1.54, 1.807) is 0 Å². The molecule has 3 aromatic rings. The van der Waals surface area contributed by atoms with Gasteiger partial charge in [-0.05, 0) is 43.2 Å². The van der Waals surface area contributed by atoms with Crippen LogP contribution in [-0.4, -0.2) is 21.6 Å². The minimum absolute atomic E-state index is 0.117. The quantitative estimate of drug-likeness (QED) is 0.795. The van der Waals surface area contributed by atoms with Crippen LogP contribution in [0.25, 0.3) is 10.9 Å². The van der Waals surface area contributed by atoms with Crippen LogP contribution in [0.5, 0.6) is 0 Å². The maximum atomic E-state index is 4.41. The van der Waals surface area contributed by atoms with Gasteiger partial charge in [0.25, 0.3) is 0 Å². The minimum atomic E-state index is 0.117. The lowest BCUT2D eigenvalue weighted by molar-refractivity contribution is 0.698. The molecule has 2 heterocycles. The molecule has 0 aliphatic rings. The van der Waals surface area contributed by atoms with Crippen LogP contribution in [-0.2, 0) is 0 Å². The van der Waals surface area contributed by atoms with Gasteiger partial charge in [0, 0.05) is 11.6 Å². The third-order valence-electron chi connectivity index (χ3n) is 3.20. The van der Waals surface area contributed by atoms with Crippen molar-refractivity contribution in [3.05, 3.63) is 52.7 Å². The molecule has 0 amide bonds. The van der Waals surface area contributed by atoms with Gasteiger partial charge in [0.05, 0.1) is 22.1 Å². The molecule has 0 saturated carbocycles. The zero-order valence-corrected chi connectivity index (χ0v) is 11.6. The highest BCUT2D eigenvalue weighted by Gasteiger charge is 2.17. The Morgan fingerprint density at radius 3 is 2.89 bits per heavy atom. The van der Waals surface area contributed by atoms with Gasteiger partial charge in [0.1, 0.15) is 0 Å². The van der Waals surface area contributed by atoms with E-state index in [2.05, 4.69) is 44.2 Å². The van der Waals surface area contributed by atoms with Crippen LogP contribution in [0, 0.1) is 6.92 Å². The number of pyridine rings is 1. The van der Waals surface area contributed by atoms with E-state index < -0.39 is 0 Å². The van der Waals surface area contributed by atoms with Crippen LogP contribution in [0.4, 0.5) is 0 Å². The molecule has 96 valence electrons. The van der Waals surface area contributed by atoms with Crippen LogP contribution >= 0.6 is 11.5 Å². The Hall–Kier alpha value is -1.85. The van der Waals surface area contributed by atoms with Crippen molar-refractivity contribution in [1.82, 2.24) is 19.9 Å². The molecule has 5 heteroatoms. The molecule has 1 unspecified atom stereocenters. The van der Waals surface area contributed by atoms with Gasteiger partial charge in [-0.25, -0.2) is 0 Å². The molecular weight excluding hydrogens is 256 g/mol. The zero-order chi connectivity index (χ0) is 13.2. The standard InChI is InChI=1S/C14H14N4S/c1-9-14(19-18-17-9)13(15-2)11-6-5-10-4-3-7-16-12(10)8-11/h3-8,13,15H,1-2H3. The normalized spacial score (nSPS) is 12.7. The smallest absolute Gasteiger partial charge is 0.0776 e. The average molecular weight is 270 g/mol. The van der Waals surface area contributed by atoms with E-state index in [0.717, 1.165) is 21.5 Å². The van der Waals surface area contributed by atoms with Crippen molar-refractivity contribution in [2.24, 2.45) is 0 Å². The average Bonchev–Trinajstić information content (AvgIpc) is 2.86. The van der Waals surface area contributed by atoms with Gasteiger partial charge in [0.15, 0.2) is 0 Å². The van der Waals surface area contributed by atoms with Crippen molar-refractivity contribution < 1.29 is 0 Å². The second kappa shape index (κ2) is 5.03. The molecule has 3 rings (SSSR count). The second-order valence-electron chi connectivity index (χ2n) is 4.40. The maximum absolute atomic E-state index is 4.41. The summed E-state index contributed by atoms with van der Waals surface area (Å²) in [5, 5.41) is 8.57. The Balaban J connectivity index is 2.09. The lowest BCUT2D eigenvalue weighted by Gasteiger charge is -2.15. The molecule has 2 aromatic heterocycles. The Kier molecular flexibility index (Phi) is 3.23. The predicted molar refractivity (Wildman–Crippen MR) is 77.3 cm³/mol. The first kappa shape index (κ1) is 12.2. The van der Waals surface area contributed by atoms with Crippen LogP contribution < -0.4 is 5.32 Å².